The summed E-state index contributed by atoms with van der Waals surface area (Å²) < 4.78 is 12.8. The van der Waals surface area contributed by atoms with Gasteiger partial charge in [-0.05, 0) is 24.0 Å². The van der Waals surface area contributed by atoms with E-state index in [1.165, 1.54) is 16.7 Å². The Bertz CT molecular complexity index is 825. The molecule has 1 aromatic heterocycles. The average Bonchev–Trinajstić information content (AvgIpc) is 2.64. The van der Waals surface area contributed by atoms with Crippen molar-refractivity contribution in [1.29, 1.82) is 5.26 Å². The van der Waals surface area contributed by atoms with Crippen LogP contribution in [0.25, 0.3) is 0 Å². The van der Waals surface area contributed by atoms with Gasteiger partial charge < -0.3 is 10.6 Å². The van der Waals surface area contributed by atoms with Crippen LogP contribution in [0.4, 0.5) is 16.0 Å². The molecule has 1 amide bonds. The van der Waals surface area contributed by atoms with Gasteiger partial charge >= 0.3 is 0 Å². The highest BCUT2D eigenvalue weighted by Crippen LogP contribution is 2.28. The first-order valence-electron chi connectivity index (χ1n) is 7.16. The Kier molecular flexibility index (Phi) is 6.61. The first kappa shape index (κ1) is 19.0. The number of anilines is 2. The van der Waals surface area contributed by atoms with Crippen LogP contribution in [0.2, 0.25) is 0 Å². The molecule has 0 atom stereocenters. The van der Waals surface area contributed by atoms with Crippen molar-refractivity contribution in [2.24, 2.45) is 0 Å². The fraction of sp³-hybridized carbons (Fsp3) is 0.250. The molecule has 0 fully saturated rings. The molecule has 0 aliphatic heterocycles. The first-order valence-corrected chi connectivity index (χ1v) is 9.37. The second-order valence-corrected chi connectivity index (χ2v) is 6.69. The van der Waals surface area contributed by atoms with Gasteiger partial charge in [0.25, 0.3) is 0 Å². The highest BCUT2D eigenvalue weighted by molar-refractivity contribution is 8.00. The SMILES string of the molecule is CSc1nc(N)nc(SCC(=O)N(C)c2cccc(CF)c2)c1C#N. The van der Waals surface area contributed by atoms with Crippen LogP contribution in [0.15, 0.2) is 34.3 Å². The zero-order valence-corrected chi connectivity index (χ0v) is 15.3. The van der Waals surface area contributed by atoms with E-state index in [4.69, 9.17) is 5.73 Å². The molecule has 0 radical (unpaired) electrons. The molecule has 0 spiro atoms. The second kappa shape index (κ2) is 8.69. The number of carbonyl (C=O) groups excluding carboxylic acids is 1. The van der Waals surface area contributed by atoms with E-state index >= 15 is 0 Å². The van der Waals surface area contributed by atoms with E-state index < -0.39 is 6.67 Å². The number of benzene rings is 1. The predicted octanol–water partition coefficient (Wildman–Crippen LogP) is 2.88. The monoisotopic (exact) mass is 377 g/mol. The Morgan fingerprint density at radius 2 is 2.12 bits per heavy atom. The standard InChI is InChI=1S/C16H16FN5OS2/c1-22(11-5-3-4-10(6-11)7-17)13(23)9-25-15-12(8-18)14(24-2)20-16(19)21-15/h3-6H,7,9H2,1-2H3,(H2,19,20,21). The van der Waals surface area contributed by atoms with Crippen molar-refractivity contribution in [2.45, 2.75) is 16.7 Å². The van der Waals surface area contributed by atoms with Crippen LogP contribution in [0.3, 0.4) is 0 Å². The molecule has 2 N–H and O–H groups in total. The third-order valence-electron chi connectivity index (χ3n) is 3.32. The minimum atomic E-state index is -0.589. The maximum Gasteiger partial charge on any atom is 0.237 e. The van der Waals surface area contributed by atoms with Gasteiger partial charge in [-0.3, -0.25) is 4.79 Å². The number of rotatable bonds is 6. The van der Waals surface area contributed by atoms with Crippen LogP contribution in [0.5, 0.6) is 0 Å². The Morgan fingerprint density at radius 3 is 2.76 bits per heavy atom. The van der Waals surface area contributed by atoms with E-state index in [0.29, 0.717) is 26.9 Å². The molecule has 0 unspecified atom stereocenters. The maximum atomic E-state index is 12.8. The Morgan fingerprint density at radius 1 is 1.40 bits per heavy atom. The predicted molar refractivity (Wildman–Crippen MR) is 98.3 cm³/mol. The zero-order valence-electron chi connectivity index (χ0n) is 13.7. The topological polar surface area (TPSA) is 95.9 Å². The number of alkyl halides is 1. The molecule has 130 valence electrons. The Balaban J connectivity index is 2.14. The quantitative estimate of drug-likeness (QED) is 0.611. The van der Waals surface area contributed by atoms with Crippen molar-refractivity contribution < 1.29 is 9.18 Å². The van der Waals surface area contributed by atoms with E-state index in [1.807, 2.05) is 0 Å². The summed E-state index contributed by atoms with van der Waals surface area (Å²) in [5.41, 5.74) is 7.07. The minimum absolute atomic E-state index is 0.0577. The smallest absolute Gasteiger partial charge is 0.237 e. The first-order chi connectivity index (χ1) is 12.0. The van der Waals surface area contributed by atoms with Crippen molar-refractivity contribution in [3.8, 4) is 6.07 Å². The molecular formula is C16H16FN5OS2. The molecule has 6 nitrogen and oxygen atoms in total. The minimum Gasteiger partial charge on any atom is -0.368 e. The van der Waals surface area contributed by atoms with Gasteiger partial charge in [0.2, 0.25) is 11.9 Å². The molecule has 1 aromatic carbocycles. The number of hydrogen-bond donors (Lipinski definition) is 1. The highest BCUT2D eigenvalue weighted by Gasteiger charge is 2.17. The molecule has 0 bridgehead atoms. The molecule has 2 rings (SSSR count). The van der Waals surface area contributed by atoms with Crippen LogP contribution in [-0.4, -0.2) is 34.9 Å². The number of thioether (sulfide) groups is 2. The van der Waals surface area contributed by atoms with E-state index in [0.717, 1.165) is 11.8 Å². The van der Waals surface area contributed by atoms with Gasteiger partial charge in [0, 0.05) is 12.7 Å². The van der Waals surface area contributed by atoms with Crippen molar-refractivity contribution in [1.82, 2.24) is 9.97 Å². The third-order valence-corrected chi connectivity index (χ3v) is 4.97. The number of amides is 1. The summed E-state index contributed by atoms with van der Waals surface area (Å²) in [6.07, 6.45) is 1.79. The van der Waals surface area contributed by atoms with Crippen LogP contribution in [0.1, 0.15) is 11.1 Å². The van der Waals surface area contributed by atoms with Crippen molar-refractivity contribution in [3.63, 3.8) is 0 Å². The number of nitrogen functional groups attached to an aromatic ring is 1. The summed E-state index contributed by atoms with van der Waals surface area (Å²) in [7, 11) is 1.62. The molecule has 0 saturated carbocycles. The summed E-state index contributed by atoms with van der Waals surface area (Å²) in [6.45, 7) is -0.589. The summed E-state index contributed by atoms with van der Waals surface area (Å²) in [5.74, 6) is -0.0787. The fourth-order valence-electron chi connectivity index (χ4n) is 2.00. The number of hydrogen-bond acceptors (Lipinski definition) is 7. The number of aromatic nitrogens is 2. The number of carbonyl (C=O) groups is 1. The molecule has 2 aromatic rings. The molecule has 9 heteroatoms. The van der Waals surface area contributed by atoms with Crippen molar-refractivity contribution in [2.75, 3.05) is 29.7 Å². The zero-order chi connectivity index (χ0) is 18.4. The maximum absolute atomic E-state index is 12.8. The van der Waals surface area contributed by atoms with Gasteiger partial charge in [0.05, 0.1) is 5.75 Å². The molecule has 0 aliphatic carbocycles. The molecular weight excluding hydrogens is 361 g/mol. The summed E-state index contributed by atoms with van der Waals surface area (Å²) in [5, 5.41) is 10.2. The second-order valence-electron chi connectivity index (χ2n) is 4.93. The van der Waals surface area contributed by atoms with Crippen LogP contribution in [-0.2, 0) is 11.5 Å². The largest absolute Gasteiger partial charge is 0.368 e. The van der Waals surface area contributed by atoms with Gasteiger partial charge in [0.15, 0.2) is 0 Å². The molecule has 1 heterocycles. The summed E-state index contributed by atoms with van der Waals surface area (Å²) in [6, 6.07) is 8.76. The lowest BCUT2D eigenvalue weighted by Gasteiger charge is -2.18. The van der Waals surface area contributed by atoms with E-state index in [1.54, 1.807) is 37.6 Å². The van der Waals surface area contributed by atoms with Crippen LogP contribution >= 0.6 is 23.5 Å². The normalized spacial score (nSPS) is 10.3. The van der Waals surface area contributed by atoms with E-state index in [2.05, 4.69) is 16.0 Å². The third kappa shape index (κ3) is 4.61. The lowest BCUT2D eigenvalue weighted by Crippen LogP contribution is -2.28. The van der Waals surface area contributed by atoms with Crippen LogP contribution < -0.4 is 10.6 Å². The molecule has 25 heavy (non-hydrogen) atoms. The summed E-state index contributed by atoms with van der Waals surface area (Å²) in [4.78, 5) is 21.9. The van der Waals surface area contributed by atoms with Gasteiger partial charge in [-0.2, -0.15) is 5.26 Å². The Labute approximate surface area is 153 Å². The van der Waals surface area contributed by atoms with Gasteiger partial charge in [-0.25, -0.2) is 14.4 Å². The van der Waals surface area contributed by atoms with Gasteiger partial charge in [-0.1, -0.05) is 23.9 Å². The van der Waals surface area contributed by atoms with E-state index in [-0.39, 0.29) is 17.6 Å². The van der Waals surface area contributed by atoms with Crippen molar-refractivity contribution >= 4 is 41.1 Å². The number of nitrogens with zero attached hydrogens (tertiary/aromatic N) is 4. The fourth-order valence-corrected chi connectivity index (χ4v) is 3.50. The molecule has 0 aliphatic rings. The van der Waals surface area contributed by atoms with Gasteiger partial charge in [0.1, 0.15) is 28.4 Å². The van der Waals surface area contributed by atoms with Crippen molar-refractivity contribution in [3.05, 3.63) is 35.4 Å². The van der Waals surface area contributed by atoms with Crippen LogP contribution in [0, 0.1) is 11.3 Å². The van der Waals surface area contributed by atoms with E-state index in [9.17, 15) is 14.4 Å². The summed E-state index contributed by atoms with van der Waals surface area (Å²) >= 11 is 2.42. The average molecular weight is 377 g/mol. The Hall–Kier alpha value is -2.31. The number of nitrogens with two attached hydrogens (primary N) is 1. The lowest BCUT2D eigenvalue weighted by molar-refractivity contribution is -0.115. The number of nitriles is 1. The molecule has 0 saturated heterocycles. The lowest BCUT2D eigenvalue weighted by atomic mass is 10.2. The number of halogens is 1. The van der Waals surface area contributed by atoms with Gasteiger partial charge in [-0.15, -0.1) is 11.8 Å². The highest BCUT2D eigenvalue weighted by atomic mass is 32.2.